The molecule has 0 radical (unpaired) electrons. The Hall–Kier alpha value is -3.43. The summed E-state index contributed by atoms with van der Waals surface area (Å²) in [6.45, 7) is 2.20. The van der Waals surface area contributed by atoms with Gasteiger partial charge in [-0.25, -0.2) is 4.98 Å². The number of hydrogen-bond acceptors (Lipinski definition) is 2. The van der Waals surface area contributed by atoms with Crippen LogP contribution in [0.5, 0.6) is 0 Å². The van der Waals surface area contributed by atoms with E-state index in [0.29, 0.717) is 0 Å². The van der Waals surface area contributed by atoms with Gasteiger partial charge in [-0.2, -0.15) is 0 Å². The van der Waals surface area contributed by atoms with Crippen molar-refractivity contribution in [2.45, 2.75) is 32.2 Å². The largest absolute Gasteiger partial charge is 0.339 e. The fourth-order valence-corrected chi connectivity index (χ4v) is 4.40. The van der Waals surface area contributed by atoms with Crippen LogP contribution in [0.2, 0.25) is 0 Å². The van der Waals surface area contributed by atoms with Gasteiger partial charge in [0.1, 0.15) is 5.65 Å². The van der Waals surface area contributed by atoms with Crippen LogP contribution >= 0.6 is 0 Å². The van der Waals surface area contributed by atoms with Gasteiger partial charge in [0.25, 0.3) is 0 Å². The van der Waals surface area contributed by atoms with Crippen LogP contribution in [0.25, 0.3) is 44.2 Å². The van der Waals surface area contributed by atoms with Gasteiger partial charge in [0.05, 0.1) is 0 Å². The van der Waals surface area contributed by atoms with Crippen molar-refractivity contribution in [1.29, 1.82) is 0 Å². The first-order chi connectivity index (χ1) is 15.2. The Morgan fingerprint density at radius 3 is 2.26 bits per heavy atom. The van der Waals surface area contributed by atoms with Gasteiger partial charge in [0.2, 0.25) is 0 Å². The first-order valence-corrected chi connectivity index (χ1v) is 11.1. The van der Waals surface area contributed by atoms with Gasteiger partial charge in [-0.3, -0.25) is 0 Å². The van der Waals surface area contributed by atoms with Gasteiger partial charge >= 0.3 is 0 Å². The zero-order valence-electron chi connectivity index (χ0n) is 17.8. The van der Waals surface area contributed by atoms with E-state index in [0.717, 1.165) is 35.8 Å². The van der Waals surface area contributed by atoms with E-state index in [1.807, 2.05) is 12.3 Å². The van der Waals surface area contributed by atoms with Crippen molar-refractivity contribution < 1.29 is 0 Å². The molecule has 0 spiro atoms. The Bertz CT molecular complexity index is 1320. The molecule has 0 bridgehead atoms. The molecule has 0 aliphatic heterocycles. The van der Waals surface area contributed by atoms with E-state index < -0.39 is 0 Å². The average molecular weight is 406 g/mol. The van der Waals surface area contributed by atoms with Gasteiger partial charge < -0.3 is 10.7 Å². The molecule has 0 saturated heterocycles. The van der Waals surface area contributed by atoms with E-state index >= 15 is 0 Å². The Balaban J connectivity index is 1.57. The maximum Gasteiger partial charge on any atom is 0.138 e. The van der Waals surface area contributed by atoms with Gasteiger partial charge in [0, 0.05) is 28.5 Å². The van der Waals surface area contributed by atoms with Crippen LogP contribution in [0.15, 0.2) is 85.1 Å². The number of pyridine rings is 1. The van der Waals surface area contributed by atoms with Crippen LogP contribution in [0.4, 0.5) is 0 Å². The molecule has 154 valence electrons. The lowest BCUT2D eigenvalue weighted by atomic mass is 9.96. The minimum absolute atomic E-state index is 0.0262. The molecule has 0 aliphatic rings. The molecule has 2 heterocycles. The SMILES string of the molecule is CCCCC(N)c1ccnc2[nH]c3ccc(-c4ccc(-c5ccccc5)cc4)cc3c12. The summed E-state index contributed by atoms with van der Waals surface area (Å²) in [5.41, 5.74) is 14.6. The van der Waals surface area contributed by atoms with Gasteiger partial charge in [-0.1, -0.05) is 80.4 Å². The molecule has 0 amide bonds. The second kappa shape index (κ2) is 8.37. The molecule has 5 aromatic rings. The highest BCUT2D eigenvalue weighted by Gasteiger charge is 2.15. The van der Waals surface area contributed by atoms with E-state index in [1.54, 1.807) is 0 Å². The number of hydrogen-bond donors (Lipinski definition) is 2. The van der Waals surface area contributed by atoms with Crippen molar-refractivity contribution in [2.24, 2.45) is 5.73 Å². The lowest BCUT2D eigenvalue weighted by Gasteiger charge is -2.13. The molecule has 0 fully saturated rings. The lowest BCUT2D eigenvalue weighted by molar-refractivity contribution is 0.606. The molecule has 0 aliphatic carbocycles. The minimum atomic E-state index is 0.0262. The van der Waals surface area contributed by atoms with E-state index in [-0.39, 0.29) is 6.04 Å². The van der Waals surface area contributed by atoms with Crippen LogP contribution in [0.3, 0.4) is 0 Å². The quantitative estimate of drug-likeness (QED) is 0.313. The Morgan fingerprint density at radius 2 is 1.52 bits per heavy atom. The van der Waals surface area contributed by atoms with Crippen LogP contribution in [-0.4, -0.2) is 9.97 Å². The van der Waals surface area contributed by atoms with Crippen molar-refractivity contribution in [2.75, 3.05) is 0 Å². The van der Waals surface area contributed by atoms with E-state index in [2.05, 4.69) is 89.7 Å². The van der Waals surface area contributed by atoms with E-state index in [1.165, 1.54) is 33.2 Å². The number of nitrogens with zero attached hydrogens (tertiary/aromatic N) is 1. The first kappa shape index (κ1) is 19.5. The highest BCUT2D eigenvalue weighted by molar-refractivity contribution is 6.09. The number of rotatable bonds is 6. The van der Waals surface area contributed by atoms with E-state index in [4.69, 9.17) is 5.73 Å². The second-order valence-corrected chi connectivity index (χ2v) is 8.20. The molecule has 5 rings (SSSR count). The van der Waals surface area contributed by atoms with Gasteiger partial charge in [-0.15, -0.1) is 0 Å². The van der Waals surface area contributed by atoms with Crippen molar-refractivity contribution in [1.82, 2.24) is 9.97 Å². The number of aromatic nitrogens is 2. The average Bonchev–Trinajstić information content (AvgIpc) is 3.21. The molecule has 3 aromatic carbocycles. The molecule has 3 heteroatoms. The second-order valence-electron chi connectivity index (χ2n) is 8.20. The van der Waals surface area contributed by atoms with Crippen LogP contribution < -0.4 is 5.73 Å². The Morgan fingerprint density at radius 1 is 0.839 bits per heavy atom. The molecule has 1 atom stereocenters. The van der Waals surface area contributed by atoms with Crippen molar-refractivity contribution in [3.05, 3.63) is 90.6 Å². The predicted molar refractivity (Wildman–Crippen MR) is 131 cm³/mol. The molecule has 0 saturated carbocycles. The monoisotopic (exact) mass is 405 g/mol. The lowest BCUT2D eigenvalue weighted by Crippen LogP contribution is -2.10. The maximum absolute atomic E-state index is 6.58. The number of unbranched alkanes of at least 4 members (excludes halogenated alkanes) is 1. The van der Waals surface area contributed by atoms with Gasteiger partial charge in [-0.05, 0) is 52.4 Å². The summed E-state index contributed by atoms with van der Waals surface area (Å²) in [5.74, 6) is 0. The topological polar surface area (TPSA) is 54.7 Å². The zero-order chi connectivity index (χ0) is 21.2. The summed E-state index contributed by atoms with van der Waals surface area (Å²) >= 11 is 0. The van der Waals surface area contributed by atoms with Crippen molar-refractivity contribution in [3.63, 3.8) is 0 Å². The van der Waals surface area contributed by atoms with Gasteiger partial charge in [0.15, 0.2) is 0 Å². The third kappa shape index (κ3) is 3.73. The van der Waals surface area contributed by atoms with Crippen LogP contribution in [-0.2, 0) is 0 Å². The fraction of sp³-hybridized carbons (Fsp3) is 0.179. The van der Waals surface area contributed by atoms with Crippen molar-refractivity contribution >= 4 is 21.9 Å². The smallest absolute Gasteiger partial charge is 0.138 e. The van der Waals surface area contributed by atoms with E-state index in [9.17, 15) is 0 Å². The number of benzene rings is 3. The fourth-order valence-electron chi connectivity index (χ4n) is 4.40. The zero-order valence-corrected chi connectivity index (χ0v) is 17.8. The summed E-state index contributed by atoms with van der Waals surface area (Å²) in [7, 11) is 0. The summed E-state index contributed by atoms with van der Waals surface area (Å²) in [6, 6.07) is 28.0. The highest BCUT2D eigenvalue weighted by Crippen LogP contribution is 2.34. The predicted octanol–water partition coefficient (Wildman–Crippen LogP) is 7.24. The van der Waals surface area contributed by atoms with Crippen LogP contribution in [0.1, 0.15) is 37.8 Å². The summed E-state index contributed by atoms with van der Waals surface area (Å²) in [5, 5.41) is 2.35. The summed E-state index contributed by atoms with van der Waals surface area (Å²) in [6.07, 6.45) is 5.14. The molecular formula is C28H27N3. The Labute approximate surface area is 183 Å². The standard InChI is InChI=1S/C28H27N3/c1-2-3-9-25(29)23-16-17-30-28-27(23)24-18-22(14-15-26(24)31-28)21-12-10-20(11-13-21)19-7-5-4-6-8-19/h4-8,10-18,25H,2-3,9,29H2,1H3,(H,30,31). The molecule has 3 nitrogen and oxygen atoms in total. The van der Waals surface area contributed by atoms with Crippen molar-refractivity contribution in [3.8, 4) is 22.3 Å². The number of H-pyrrole nitrogens is 1. The molecule has 1 unspecified atom stereocenters. The van der Waals surface area contributed by atoms with Crippen LogP contribution in [0, 0.1) is 0 Å². The number of nitrogens with two attached hydrogens (primary N) is 1. The first-order valence-electron chi connectivity index (χ1n) is 11.1. The Kier molecular flexibility index (Phi) is 5.27. The normalized spacial score (nSPS) is 12.5. The minimum Gasteiger partial charge on any atom is -0.339 e. The molecular weight excluding hydrogens is 378 g/mol. The summed E-state index contributed by atoms with van der Waals surface area (Å²) in [4.78, 5) is 8.05. The number of fused-ring (bicyclic) bond motifs is 3. The third-order valence-corrected chi connectivity index (χ3v) is 6.12. The number of aromatic amines is 1. The third-order valence-electron chi connectivity index (χ3n) is 6.12. The highest BCUT2D eigenvalue weighted by atomic mass is 14.9. The summed E-state index contributed by atoms with van der Waals surface area (Å²) < 4.78 is 0. The molecule has 3 N–H and O–H groups in total. The number of nitrogens with one attached hydrogen (secondary N) is 1. The molecule has 31 heavy (non-hydrogen) atoms. The maximum atomic E-state index is 6.58. The molecule has 2 aromatic heterocycles.